The third-order valence-corrected chi connectivity index (χ3v) is 4.92. The first-order chi connectivity index (χ1) is 10.2. The Morgan fingerprint density at radius 3 is 2.81 bits per heavy atom. The summed E-state index contributed by atoms with van der Waals surface area (Å²) in [6, 6.07) is 5.63. The standard InChI is InChI=1S/C16H24BrClN2O/c1-19-7-4-13-5-8-20(9-6-13)10-11-21-16-3-2-14(18)12-15(16)17/h2-3,12-13,19H,4-11H2,1H3. The molecule has 0 unspecified atom stereocenters. The van der Waals surface area contributed by atoms with Gasteiger partial charge >= 0.3 is 0 Å². The second-order valence-corrected chi connectivity index (χ2v) is 6.89. The zero-order valence-electron chi connectivity index (χ0n) is 12.6. The normalized spacial score (nSPS) is 17.1. The van der Waals surface area contributed by atoms with E-state index >= 15 is 0 Å². The van der Waals surface area contributed by atoms with Gasteiger partial charge in [0.2, 0.25) is 0 Å². The molecule has 0 saturated carbocycles. The van der Waals surface area contributed by atoms with Crippen LogP contribution >= 0.6 is 27.5 Å². The summed E-state index contributed by atoms with van der Waals surface area (Å²) < 4.78 is 6.75. The summed E-state index contributed by atoms with van der Waals surface area (Å²) in [5.74, 6) is 1.75. The van der Waals surface area contributed by atoms with Crippen molar-refractivity contribution in [2.24, 2.45) is 5.92 Å². The molecule has 0 amide bonds. The van der Waals surface area contributed by atoms with E-state index < -0.39 is 0 Å². The maximum absolute atomic E-state index is 5.92. The fraction of sp³-hybridized carbons (Fsp3) is 0.625. The van der Waals surface area contributed by atoms with Crippen LogP contribution in [0.3, 0.4) is 0 Å². The van der Waals surface area contributed by atoms with E-state index in [0.717, 1.165) is 40.9 Å². The van der Waals surface area contributed by atoms with Crippen LogP contribution < -0.4 is 10.1 Å². The van der Waals surface area contributed by atoms with Crippen molar-refractivity contribution in [2.45, 2.75) is 19.3 Å². The summed E-state index contributed by atoms with van der Waals surface area (Å²) in [5, 5.41) is 3.96. The van der Waals surface area contributed by atoms with Crippen LogP contribution in [0.25, 0.3) is 0 Å². The first kappa shape index (κ1) is 17.1. The van der Waals surface area contributed by atoms with E-state index in [1.54, 1.807) is 0 Å². The lowest BCUT2D eigenvalue weighted by Gasteiger charge is -2.31. The molecule has 0 aromatic heterocycles. The molecule has 1 aromatic carbocycles. The first-order valence-electron chi connectivity index (χ1n) is 7.64. The molecule has 1 aliphatic heterocycles. The van der Waals surface area contributed by atoms with Crippen molar-refractivity contribution in [3.05, 3.63) is 27.7 Å². The molecule has 3 nitrogen and oxygen atoms in total. The molecule has 5 heteroatoms. The average Bonchev–Trinajstić information content (AvgIpc) is 2.48. The number of hydrogen-bond acceptors (Lipinski definition) is 3. The van der Waals surface area contributed by atoms with Crippen LogP contribution in [0, 0.1) is 5.92 Å². The zero-order chi connectivity index (χ0) is 15.1. The largest absolute Gasteiger partial charge is 0.491 e. The Balaban J connectivity index is 1.66. The van der Waals surface area contributed by atoms with E-state index in [1.165, 1.54) is 32.4 Å². The summed E-state index contributed by atoms with van der Waals surface area (Å²) in [4.78, 5) is 2.50. The lowest BCUT2D eigenvalue weighted by atomic mass is 9.93. The Morgan fingerprint density at radius 2 is 2.14 bits per heavy atom. The number of likely N-dealkylation sites (tertiary alicyclic amines) is 1. The van der Waals surface area contributed by atoms with Gasteiger partial charge in [0.05, 0.1) is 4.47 Å². The van der Waals surface area contributed by atoms with Crippen LogP contribution in [0.15, 0.2) is 22.7 Å². The predicted octanol–water partition coefficient (Wildman–Crippen LogP) is 3.80. The summed E-state index contributed by atoms with van der Waals surface area (Å²) in [5.41, 5.74) is 0. The minimum absolute atomic E-state index is 0.720. The van der Waals surface area contributed by atoms with Crippen molar-refractivity contribution in [1.29, 1.82) is 0 Å². The first-order valence-corrected chi connectivity index (χ1v) is 8.81. The maximum atomic E-state index is 5.92. The van der Waals surface area contributed by atoms with Gasteiger partial charge in [0.15, 0.2) is 0 Å². The highest BCUT2D eigenvalue weighted by molar-refractivity contribution is 9.10. The van der Waals surface area contributed by atoms with Crippen LogP contribution in [0.1, 0.15) is 19.3 Å². The second kappa shape index (κ2) is 8.99. The minimum atomic E-state index is 0.720. The Morgan fingerprint density at radius 1 is 1.38 bits per heavy atom. The van der Waals surface area contributed by atoms with E-state index in [-0.39, 0.29) is 0 Å². The number of hydrogen-bond donors (Lipinski definition) is 1. The van der Waals surface area contributed by atoms with Crippen LogP contribution in [-0.4, -0.2) is 44.7 Å². The topological polar surface area (TPSA) is 24.5 Å². The summed E-state index contributed by atoms with van der Waals surface area (Å²) in [7, 11) is 2.03. The Labute approximate surface area is 141 Å². The lowest BCUT2D eigenvalue weighted by Crippen LogP contribution is -2.37. The average molecular weight is 376 g/mol. The third-order valence-electron chi connectivity index (χ3n) is 4.07. The van der Waals surface area contributed by atoms with E-state index in [9.17, 15) is 0 Å². The highest BCUT2D eigenvalue weighted by atomic mass is 79.9. The van der Waals surface area contributed by atoms with Gasteiger partial charge < -0.3 is 10.1 Å². The van der Waals surface area contributed by atoms with Crippen LogP contribution in [-0.2, 0) is 0 Å². The monoisotopic (exact) mass is 374 g/mol. The molecule has 1 aromatic rings. The molecular weight excluding hydrogens is 352 g/mol. The minimum Gasteiger partial charge on any atom is -0.491 e. The molecule has 1 saturated heterocycles. The van der Waals surface area contributed by atoms with Gasteiger partial charge in [0.25, 0.3) is 0 Å². The van der Waals surface area contributed by atoms with Gasteiger partial charge in [-0.1, -0.05) is 11.6 Å². The highest BCUT2D eigenvalue weighted by Gasteiger charge is 2.18. The van der Waals surface area contributed by atoms with Gasteiger partial charge in [-0.3, -0.25) is 4.90 Å². The number of nitrogens with zero attached hydrogens (tertiary/aromatic N) is 1. The number of rotatable bonds is 7. The molecule has 1 N–H and O–H groups in total. The smallest absolute Gasteiger partial charge is 0.133 e. The molecule has 0 bridgehead atoms. The van der Waals surface area contributed by atoms with Crippen LogP contribution in [0.5, 0.6) is 5.75 Å². The zero-order valence-corrected chi connectivity index (χ0v) is 14.9. The van der Waals surface area contributed by atoms with Gasteiger partial charge in [-0.25, -0.2) is 0 Å². The van der Waals surface area contributed by atoms with Crippen molar-refractivity contribution in [1.82, 2.24) is 10.2 Å². The van der Waals surface area contributed by atoms with Crippen molar-refractivity contribution in [3.8, 4) is 5.75 Å². The van der Waals surface area contributed by atoms with Crippen molar-refractivity contribution in [3.63, 3.8) is 0 Å². The molecule has 0 atom stereocenters. The second-order valence-electron chi connectivity index (χ2n) is 5.60. The van der Waals surface area contributed by atoms with Crippen LogP contribution in [0.2, 0.25) is 5.02 Å². The highest BCUT2D eigenvalue weighted by Crippen LogP contribution is 2.28. The third kappa shape index (κ3) is 5.78. The van der Waals surface area contributed by atoms with E-state index in [4.69, 9.17) is 16.3 Å². The number of nitrogens with one attached hydrogen (secondary N) is 1. The Kier molecular flexibility index (Phi) is 7.30. The quantitative estimate of drug-likeness (QED) is 0.784. The van der Waals surface area contributed by atoms with E-state index in [2.05, 4.69) is 26.1 Å². The van der Waals surface area contributed by atoms with E-state index in [1.807, 2.05) is 25.2 Å². The molecule has 1 heterocycles. The predicted molar refractivity (Wildman–Crippen MR) is 92.4 cm³/mol. The van der Waals surface area contributed by atoms with E-state index in [0.29, 0.717) is 0 Å². The fourth-order valence-corrected chi connectivity index (χ4v) is 3.52. The van der Waals surface area contributed by atoms with Gasteiger partial charge in [-0.05, 0) is 86.0 Å². The summed E-state index contributed by atoms with van der Waals surface area (Å²) in [6.45, 7) is 5.24. The van der Waals surface area contributed by atoms with Crippen LogP contribution in [0.4, 0.5) is 0 Å². The van der Waals surface area contributed by atoms with Gasteiger partial charge in [-0.15, -0.1) is 0 Å². The number of benzene rings is 1. The van der Waals surface area contributed by atoms with Gasteiger partial charge in [0.1, 0.15) is 12.4 Å². The molecule has 21 heavy (non-hydrogen) atoms. The number of piperidine rings is 1. The Hall–Kier alpha value is -0.290. The molecule has 1 aliphatic rings. The van der Waals surface area contributed by atoms with Crippen molar-refractivity contribution in [2.75, 3.05) is 39.8 Å². The maximum Gasteiger partial charge on any atom is 0.133 e. The SMILES string of the molecule is CNCCC1CCN(CCOc2ccc(Cl)cc2Br)CC1. The molecule has 2 rings (SSSR count). The molecular formula is C16H24BrClN2O. The van der Waals surface area contributed by atoms with Gasteiger partial charge in [0, 0.05) is 11.6 Å². The fourth-order valence-electron chi connectivity index (χ4n) is 2.72. The Bertz CT molecular complexity index is 436. The molecule has 118 valence electrons. The summed E-state index contributed by atoms with van der Waals surface area (Å²) >= 11 is 9.40. The molecule has 0 aliphatic carbocycles. The number of halogens is 2. The molecule has 1 fully saturated rings. The van der Waals surface area contributed by atoms with Crippen molar-refractivity contribution >= 4 is 27.5 Å². The number of ether oxygens (including phenoxy) is 1. The lowest BCUT2D eigenvalue weighted by molar-refractivity contribution is 0.151. The summed E-state index contributed by atoms with van der Waals surface area (Å²) in [6.07, 6.45) is 3.93. The van der Waals surface area contributed by atoms with Gasteiger partial charge in [-0.2, -0.15) is 0 Å². The molecule has 0 radical (unpaired) electrons. The molecule has 0 spiro atoms. The van der Waals surface area contributed by atoms with Crippen molar-refractivity contribution < 1.29 is 4.74 Å².